The van der Waals surface area contributed by atoms with Gasteiger partial charge in [0.15, 0.2) is 6.10 Å². The lowest BCUT2D eigenvalue weighted by molar-refractivity contribution is -0.138. The number of phenolic OH excluding ortho intramolecular Hbond substituents is 1. The van der Waals surface area contributed by atoms with Crippen molar-refractivity contribution >= 4 is 5.91 Å². The molecule has 104 valence electrons. The van der Waals surface area contributed by atoms with Gasteiger partial charge >= 0.3 is 0 Å². The molecule has 1 unspecified atom stereocenters. The number of aromatic hydroxyl groups is 1. The molecule has 1 aliphatic heterocycles. The van der Waals surface area contributed by atoms with Gasteiger partial charge in [0.2, 0.25) is 0 Å². The fraction of sp³-hybridized carbons (Fsp3) is 0.533. The number of rotatable bonds is 3. The molecule has 1 heterocycles. The van der Waals surface area contributed by atoms with Gasteiger partial charge < -0.3 is 14.7 Å². The summed E-state index contributed by atoms with van der Waals surface area (Å²) in [4.78, 5) is 14.1. The maximum atomic E-state index is 12.2. The molecule has 1 saturated heterocycles. The number of likely N-dealkylation sites (tertiary alicyclic amines) is 1. The van der Waals surface area contributed by atoms with Crippen molar-refractivity contribution in [3.05, 3.63) is 23.8 Å². The molecule has 2 rings (SSSR count). The van der Waals surface area contributed by atoms with Crippen molar-refractivity contribution in [2.24, 2.45) is 0 Å². The Labute approximate surface area is 114 Å². The molecule has 0 aromatic heterocycles. The highest BCUT2D eigenvalue weighted by atomic mass is 16.5. The van der Waals surface area contributed by atoms with E-state index in [0.29, 0.717) is 5.75 Å². The van der Waals surface area contributed by atoms with Gasteiger partial charge in [0.05, 0.1) is 0 Å². The smallest absolute Gasteiger partial charge is 0.263 e. The van der Waals surface area contributed by atoms with Crippen LogP contribution in [-0.4, -0.2) is 35.1 Å². The highest BCUT2D eigenvalue weighted by Gasteiger charge is 2.23. The maximum absolute atomic E-state index is 12.2. The van der Waals surface area contributed by atoms with E-state index < -0.39 is 6.10 Å². The molecule has 0 saturated carbocycles. The number of carbonyl (C=O) groups is 1. The summed E-state index contributed by atoms with van der Waals surface area (Å²) in [6.07, 6.45) is 2.83. The summed E-state index contributed by atoms with van der Waals surface area (Å²) in [5.74, 6) is 0.726. The summed E-state index contributed by atoms with van der Waals surface area (Å²) in [5, 5.41) is 9.52. The second-order valence-corrected chi connectivity index (χ2v) is 5.15. The van der Waals surface area contributed by atoms with Crippen molar-refractivity contribution in [1.82, 2.24) is 4.90 Å². The fourth-order valence-electron chi connectivity index (χ4n) is 2.42. The molecule has 1 aromatic rings. The highest BCUT2D eigenvalue weighted by Crippen LogP contribution is 2.22. The van der Waals surface area contributed by atoms with Gasteiger partial charge in [-0.15, -0.1) is 0 Å². The lowest BCUT2D eigenvalue weighted by Crippen LogP contribution is -2.43. The van der Waals surface area contributed by atoms with E-state index in [0.717, 1.165) is 31.5 Å². The van der Waals surface area contributed by atoms with Gasteiger partial charge in [-0.2, -0.15) is 0 Å². The summed E-state index contributed by atoms with van der Waals surface area (Å²) in [5.41, 5.74) is 0.910. The molecule has 0 bridgehead atoms. The molecule has 1 atom stereocenters. The van der Waals surface area contributed by atoms with Gasteiger partial charge in [-0.25, -0.2) is 0 Å². The van der Waals surface area contributed by atoms with Gasteiger partial charge in [-0.1, -0.05) is 0 Å². The van der Waals surface area contributed by atoms with E-state index in [9.17, 15) is 9.90 Å². The van der Waals surface area contributed by atoms with Crippen LogP contribution in [-0.2, 0) is 4.79 Å². The van der Waals surface area contributed by atoms with Crippen LogP contribution in [0.2, 0.25) is 0 Å². The quantitative estimate of drug-likeness (QED) is 0.911. The van der Waals surface area contributed by atoms with Gasteiger partial charge in [0.1, 0.15) is 11.5 Å². The zero-order valence-electron chi connectivity index (χ0n) is 11.6. The number of aryl methyl sites for hydroxylation is 1. The third-order valence-electron chi connectivity index (χ3n) is 3.36. The summed E-state index contributed by atoms with van der Waals surface area (Å²) < 4.78 is 5.64. The van der Waals surface area contributed by atoms with Crippen molar-refractivity contribution < 1.29 is 14.6 Å². The second-order valence-electron chi connectivity index (χ2n) is 5.15. The molecule has 4 nitrogen and oxygen atoms in total. The molecule has 1 fully saturated rings. The largest absolute Gasteiger partial charge is 0.508 e. The Kier molecular flexibility index (Phi) is 4.30. The van der Waals surface area contributed by atoms with E-state index in [1.807, 2.05) is 17.9 Å². The number of hydrogen-bond acceptors (Lipinski definition) is 3. The molecule has 0 radical (unpaired) electrons. The van der Waals surface area contributed by atoms with Crippen LogP contribution in [0, 0.1) is 6.92 Å². The minimum Gasteiger partial charge on any atom is -0.508 e. The van der Waals surface area contributed by atoms with Crippen LogP contribution in [0.4, 0.5) is 0 Å². The number of piperidine rings is 1. The normalized spacial score (nSPS) is 17.1. The molecule has 1 amide bonds. The van der Waals surface area contributed by atoms with Gasteiger partial charge in [0, 0.05) is 19.2 Å². The van der Waals surface area contributed by atoms with Gasteiger partial charge in [-0.05, 0) is 50.8 Å². The molecule has 0 aliphatic carbocycles. The van der Waals surface area contributed by atoms with E-state index in [1.165, 1.54) is 12.5 Å². The van der Waals surface area contributed by atoms with E-state index in [1.54, 1.807) is 13.0 Å². The topological polar surface area (TPSA) is 49.8 Å². The first-order chi connectivity index (χ1) is 9.06. The fourth-order valence-corrected chi connectivity index (χ4v) is 2.42. The first-order valence-corrected chi connectivity index (χ1v) is 6.82. The predicted molar refractivity (Wildman–Crippen MR) is 73.4 cm³/mol. The lowest BCUT2D eigenvalue weighted by Gasteiger charge is -2.29. The molecule has 4 heteroatoms. The van der Waals surface area contributed by atoms with Crippen LogP contribution in [0.1, 0.15) is 31.7 Å². The monoisotopic (exact) mass is 263 g/mol. The number of phenols is 1. The van der Waals surface area contributed by atoms with E-state index in [4.69, 9.17) is 4.74 Å². The van der Waals surface area contributed by atoms with Crippen molar-refractivity contribution in [2.75, 3.05) is 13.1 Å². The average molecular weight is 263 g/mol. The number of carbonyl (C=O) groups excluding carboxylic acids is 1. The van der Waals surface area contributed by atoms with Crippen LogP contribution in [0.25, 0.3) is 0 Å². The van der Waals surface area contributed by atoms with Crippen LogP contribution < -0.4 is 4.74 Å². The second kappa shape index (κ2) is 5.95. The Balaban J connectivity index is 1.99. The minimum atomic E-state index is -0.515. The minimum absolute atomic E-state index is 0.0284. The van der Waals surface area contributed by atoms with E-state index >= 15 is 0 Å². The molecular weight excluding hydrogens is 242 g/mol. The van der Waals surface area contributed by atoms with Crippen molar-refractivity contribution in [3.8, 4) is 11.5 Å². The van der Waals surface area contributed by atoms with Crippen LogP contribution in [0.5, 0.6) is 11.5 Å². The van der Waals surface area contributed by atoms with Crippen LogP contribution >= 0.6 is 0 Å². The van der Waals surface area contributed by atoms with Gasteiger partial charge in [-0.3, -0.25) is 4.79 Å². The van der Waals surface area contributed by atoms with Crippen LogP contribution in [0.15, 0.2) is 18.2 Å². The molecule has 1 N–H and O–H groups in total. The van der Waals surface area contributed by atoms with Crippen molar-refractivity contribution in [2.45, 2.75) is 39.2 Å². The lowest BCUT2D eigenvalue weighted by atomic mass is 10.1. The molecule has 1 aliphatic rings. The summed E-state index contributed by atoms with van der Waals surface area (Å²) >= 11 is 0. The van der Waals surface area contributed by atoms with Crippen molar-refractivity contribution in [3.63, 3.8) is 0 Å². The first kappa shape index (κ1) is 13.7. The average Bonchev–Trinajstić information content (AvgIpc) is 2.37. The summed E-state index contributed by atoms with van der Waals surface area (Å²) in [6.45, 7) is 5.29. The predicted octanol–water partition coefficient (Wildman–Crippen LogP) is 2.48. The summed E-state index contributed by atoms with van der Waals surface area (Å²) in [7, 11) is 0. The SMILES string of the molecule is Cc1cc(O)cc(OC(C)C(=O)N2CCCCC2)c1. The standard InChI is InChI=1S/C15H21NO3/c1-11-8-13(17)10-14(9-11)19-12(2)15(18)16-6-4-3-5-7-16/h8-10,12,17H,3-7H2,1-2H3. The Morgan fingerprint density at radius 3 is 2.58 bits per heavy atom. The van der Waals surface area contributed by atoms with Gasteiger partial charge in [0.25, 0.3) is 5.91 Å². The number of ether oxygens (including phenoxy) is 1. The number of amides is 1. The molecule has 1 aromatic carbocycles. The third kappa shape index (κ3) is 3.63. The number of hydrogen-bond donors (Lipinski definition) is 1. The number of nitrogens with zero attached hydrogens (tertiary/aromatic N) is 1. The Hall–Kier alpha value is -1.71. The first-order valence-electron chi connectivity index (χ1n) is 6.82. The molecule has 0 spiro atoms. The Morgan fingerprint density at radius 2 is 1.95 bits per heavy atom. The summed E-state index contributed by atoms with van der Waals surface area (Å²) in [6, 6.07) is 5.01. The van der Waals surface area contributed by atoms with Crippen molar-refractivity contribution in [1.29, 1.82) is 0 Å². The highest BCUT2D eigenvalue weighted by molar-refractivity contribution is 5.81. The van der Waals surface area contributed by atoms with E-state index in [2.05, 4.69) is 0 Å². The zero-order chi connectivity index (χ0) is 13.8. The maximum Gasteiger partial charge on any atom is 0.263 e. The van der Waals surface area contributed by atoms with Crippen LogP contribution in [0.3, 0.4) is 0 Å². The Bertz CT molecular complexity index is 432. The van der Waals surface area contributed by atoms with E-state index in [-0.39, 0.29) is 11.7 Å². The third-order valence-corrected chi connectivity index (χ3v) is 3.36. The zero-order valence-corrected chi connectivity index (χ0v) is 11.6. The molecular formula is C15H21NO3. The number of benzene rings is 1. The molecule has 19 heavy (non-hydrogen) atoms. The Morgan fingerprint density at radius 1 is 1.26 bits per heavy atom.